The van der Waals surface area contributed by atoms with Gasteiger partial charge in [0.2, 0.25) is 0 Å². The summed E-state index contributed by atoms with van der Waals surface area (Å²) in [6.07, 6.45) is 3.04. The fraction of sp³-hybridized carbons (Fsp3) is 0.286. The number of aromatic nitrogens is 2. The summed E-state index contributed by atoms with van der Waals surface area (Å²) in [5.41, 5.74) is -1.35. The number of hydrogen-bond donors (Lipinski definition) is 2. The third kappa shape index (κ3) is 4.96. The number of rotatable bonds is 7. The molecule has 3 aromatic rings. The van der Waals surface area contributed by atoms with Crippen LogP contribution in [0.15, 0.2) is 59.7 Å². The number of alkyl halides is 3. The van der Waals surface area contributed by atoms with Crippen molar-refractivity contribution in [3.05, 3.63) is 71.9 Å². The Morgan fingerprint density at radius 3 is 2.58 bits per heavy atom. The van der Waals surface area contributed by atoms with Crippen molar-refractivity contribution >= 4 is 17.5 Å². The highest BCUT2D eigenvalue weighted by molar-refractivity contribution is 6.05. The quantitative estimate of drug-likeness (QED) is 0.592. The number of nitrogens with zero attached hydrogens (tertiary/aromatic N) is 2. The number of anilines is 1. The third-order valence-corrected chi connectivity index (χ3v) is 5.20. The molecule has 0 radical (unpaired) electrons. The van der Waals surface area contributed by atoms with Gasteiger partial charge in [-0.15, -0.1) is 0 Å². The van der Waals surface area contributed by atoms with Crippen molar-refractivity contribution in [2.75, 3.05) is 11.9 Å². The zero-order valence-electron chi connectivity index (χ0n) is 16.3. The van der Waals surface area contributed by atoms with E-state index in [1.165, 1.54) is 24.7 Å². The maximum Gasteiger partial charge on any atom is 0.416 e. The molecule has 31 heavy (non-hydrogen) atoms. The predicted octanol–water partition coefficient (Wildman–Crippen LogP) is 3.96. The number of furan rings is 1. The first-order valence-electron chi connectivity index (χ1n) is 9.56. The molecule has 1 aromatic carbocycles. The van der Waals surface area contributed by atoms with Crippen molar-refractivity contribution in [1.29, 1.82) is 0 Å². The molecule has 2 N–H and O–H groups in total. The SMILES string of the molecule is O=C(NCC1(Cn2cccn2)CC1)c1cc(NC(=O)c2ccoc2)cc(C(F)(F)F)c1. The predicted molar refractivity (Wildman–Crippen MR) is 104 cm³/mol. The Hall–Kier alpha value is -3.56. The minimum Gasteiger partial charge on any atom is -0.472 e. The maximum atomic E-state index is 13.3. The summed E-state index contributed by atoms with van der Waals surface area (Å²) < 4.78 is 46.6. The summed E-state index contributed by atoms with van der Waals surface area (Å²) in [5, 5.41) is 9.26. The minimum absolute atomic E-state index is 0.135. The summed E-state index contributed by atoms with van der Waals surface area (Å²) in [4.78, 5) is 24.8. The van der Waals surface area contributed by atoms with Gasteiger partial charge in [-0.3, -0.25) is 14.3 Å². The molecule has 1 fully saturated rings. The van der Waals surface area contributed by atoms with E-state index in [9.17, 15) is 22.8 Å². The number of nitrogens with one attached hydrogen (secondary N) is 2. The van der Waals surface area contributed by atoms with Crippen LogP contribution >= 0.6 is 0 Å². The topological polar surface area (TPSA) is 89.2 Å². The Balaban J connectivity index is 1.49. The van der Waals surface area contributed by atoms with E-state index in [4.69, 9.17) is 4.42 Å². The van der Waals surface area contributed by atoms with Gasteiger partial charge in [0.05, 0.1) is 17.4 Å². The van der Waals surface area contributed by atoms with Gasteiger partial charge in [-0.25, -0.2) is 0 Å². The average molecular weight is 432 g/mol. The number of amides is 2. The highest BCUT2D eigenvalue weighted by Crippen LogP contribution is 2.46. The second-order valence-electron chi connectivity index (χ2n) is 7.65. The molecule has 4 rings (SSSR count). The molecular weight excluding hydrogens is 413 g/mol. The van der Waals surface area contributed by atoms with Crippen molar-refractivity contribution in [3.8, 4) is 0 Å². The molecule has 1 aliphatic rings. The number of halogens is 3. The van der Waals surface area contributed by atoms with Crippen LogP contribution in [-0.4, -0.2) is 28.1 Å². The molecule has 1 aliphatic carbocycles. The number of carbonyl (C=O) groups is 2. The van der Waals surface area contributed by atoms with Gasteiger partial charge in [0.15, 0.2) is 0 Å². The number of hydrogen-bond acceptors (Lipinski definition) is 4. The Bertz CT molecular complexity index is 1070. The van der Waals surface area contributed by atoms with E-state index in [0.717, 1.165) is 25.0 Å². The minimum atomic E-state index is -4.68. The van der Waals surface area contributed by atoms with E-state index in [-0.39, 0.29) is 22.2 Å². The lowest BCUT2D eigenvalue weighted by Crippen LogP contribution is -2.32. The Labute approximate surface area is 175 Å². The smallest absolute Gasteiger partial charge is 0.416 e. The Morgan fingerprint density at radius 2 is 1.97 bits per heavy atom. The van der Waals surface area contributed by atoms with Crippen LogP contribution in [0.4, 0.5) is 18.9 Å². The fourth-order valence-electron chi connectivity index (χ4n) is 3.27. The summed E-state index contributed by atoms with van der Waals surface area (Å²) in [7, 11) is 0. The zero-order valence-corrected chi connectivity index (χ0v) is 16.3. The number of benzene rings is 1. The van der Waals surface area contributed by atoms with Gasteiger partial charge in [-0.2, -0.15) is 18.3 Å². The molecule has 2 aromatic heterocycles. The van der Waals surface area contributed by atoms with Gasteiger partial charge in [0.25, 0.3) is 11.8 Å². The van der Waals surface area contributed by atoms with Crippen LogP contribution in [0.3, 0.4) is 0 Å². The molecule has 0 spiro atoms. The van der Waals surface area contributed by atoms with Crippen LogP contribution in [-0.2, 0) is 12.7 Å². The van der Waals surface area contributed by atoms with E-state index in [2.05, 4.69) is 15.7 Å². The lowest BCUT2D eigenvalue weighted by Gasteiger charge is -2.17. The Morgan fingerprint density at radius 1 is 1.16 bits per heavy atom. The maximum absolute atomic E-state index is 13.3. The van der Waals surface area contributed by atoms with Crippen LogP contribution in [0.2, 0.25) is 0 Å². The van der Waals surface area contributed by atoms with Crippen molar-refractivity contribution in [2.45, 2.75) is 25.6 Å². The van der Waals surface area contributed by atoms with Crippen LogP contribution in [0.5, 0.6) is 0 Å². The molecule has 10 heteroatoms. The van der Waals surface area contributed by atoms with Gasteiger partial charge in [-0.05, 0) is 43.2 Å². The van der Waals surface area contributed by atoms with Crippen molar-refractivity contribution < 1.29 is 27.2 Å². The summed E-state index contributed by atoms with van der Waals surface area (Å²) in [6, 6.07) is 5.96. The van der Waals surface area contributed by atoms with Gasteiger partial charge in [-0.1, -0.05) is 0 Å². The van der Waals surface area contributed by atoms with Gasteiger partial charge >= 0.3 is 6.18 Å². The molecule has 2 amide bonds. The zero-order chi connectivity index (χ0) is 22.1. The molecule has 0 bridgehead atoms. The number of carbonyl (C=O) groups excluding carboxylic acids is 2. The van der Waals surface area contributed by atoms with Crippen LogP contribution in [0.1, 0.15) is 39.1 Å². The largest absolute Gasteiger partial charge is 0.472 e. The van der Waals surface area contributed by atoms with E-state index in [0.29, 0.717) is 13.1 Å². The van der Waals surface area contributed by atoms with E-state index in [1.54, 1.807) is 16.9 Å². The molecule has 0 saturated heterocycles. The molecular formula is C21H19F3N4O3. The van der Waals surface area contributed by atoms with Gasteiger partial charge < -0.3 is 15.1 Å². The molecule has 0 atom stereocenters. The highest BCUT2D eigenvalue weighted by Gasteiger charge is 2.43. The molecule has 162 valence electrons. The van der Waals surface area contributed by atoms with Crippen molar-refractivity contribution in [3.63, 3.8) is 0 Å². The molecule has 2 heterocycles. The van der Waals surface area contributed by atoms with Crippen molar-refractivity contribution in [1.82, 2.24) is 15.1 Å². The summed E-state index contributed by atoms with van der Waals surface area (Å²) >= 11 is 0. The second kappa shape index (κ2) is 7.93. The second-order valence-corrected chi connectivity index (χ2v) is 7.65. The first-order chi connectivity index (χ1) is 14.7. The Kier molecular flexibility index (Phi) is 5.30. The first kappa shape index (κ1) is 20.7. The summed E-state index contributed by atoms with van der Waals surface area (Å²) in [6.45, 7) is 0.938. The normalized spacial score (nSPS) is 14.8. The summed E-state index contributed by atoms with van der Waals surface area (Å²) in [5.74, 6) is -1.28. The first-order valence-corrected chi connectivity index (χ1v) is 9.56. The van der Waals surface area contributed by atoms with Crippen LogP contribution in [0, 0.1) is 5.41 Å². The fourth-order valence-corrected chi connectivity index (χ4v) is 3.27. The molecule has 0 aliphatic heterocycles. The lowest BCUT2D eigenvalue weighted by molar-refractivity contribution is -0.137. The monoisotopic (exact) mass is 432 g/mol. The van der Waals surface area contributed by atoms with Crippen molar-refractivity contribution in [2.24, 2.45) is 5.41 Å². The highest BCUT2D eigenvalue weighted by atomic mass is 19.4. The molecule has 0 unspecified atom stereocenters. The lowest BCUT2D eigenvalue weighted by atomic mass is 10.1. The molecule has 1 saturated carbocycles. The van der Waals surface area contributed by atoms with E-state index < -0.39 is 23.6 Å². The standard InChI is InChI=1S/C21H19F3N4O3/c22-21(23,24)16-8-15(9-17(10-16)27-19(30)14-2-7-31-11-14)18(29)25-12-20(3-4-20)13-28-6-1-5-26-28/h1-2,5-11H,3-4,12-13H2,(H,25,29)(H,27,30). The van der Waals surface area contributed by atoms with Gasteiger partial charge in [0.1, 0.15) is 6.26 Å². The van der Waals surface area contributed by atoms with E-state index >= 15 is 0 Å². The van der Waals surface area contributed by atoms with E-state index in [1.807, 2.05) is 6.20 Å². The van der Waals surface area contributed by atoms with Crippen LogP contribution < -0.4 is 10.6 Å². The third-order valence-electron chi connectivity index (χ3n) is 5.20. The molecule has 7 nitrogen and oxygen atoms in total. The van der Waals surface area contributed by atoms with Crippen LogP contribution in [0.25, 0.3) is 0 Å². The van der Waals surface area contributed by atoms with Gasteiger partial charge in [0, 0.05) is 42.1 Å². The average Bonchev–Trinajstić information content (AvgIpc) is 3.13.